The SMILES string of the molecule is FCCC=CC1CCC(C2CCC(C(F)(F)Cc3cc(F)c(OC(F)(F)F)c(F)c3)CC2)CC1. The summed E-state index contributed by atoms with van der Waals surface area (Å²) in [5.74, 6) is -7.83. The highest BCUT2D eigenvalue weighted by Crippen LogP contribution is 2.46. The van der Waals surface area contributed by atoms with Crippen LogP contribution in [-0.4, -0.2) is 19.0 Å². The Morgan fingerprint density at radius 1 is 0.824 bits per heavy atom. The number of ether oxygens (including phenoxy) is 1. The van der Waals surface area contributed by atoms with E-state index >= 15 is 0 Å². The maximum Gasteiger partial charge on any atom is 0.573 e. The fourth-order valence-corrected chi connectivity index (χ4v) is 5.52. The molecule has 0 radical (unpaired) electrons. The van der Waals surface area contributed by atoms with E-state index in [1.54, 1.807) is 0 Å². The van der Waals surface area contributed by atoms with Crippen molar-refractivity contribution in [2.45, 2.75) is 76.5 Å². The van der Waals surface area contributed by atoms with Gasteiger partial charge in [-0.3, -0.25) is 4.39 Å². The standard InChI is InChI=1S/C25H30F8O/c26-12-2-1-3-16-4-6-18(7-5-16)19-8-10-20(11-9-19)24(29,30)15-17-13-21(27)23(22(28)14-17)34-25(31,32)33/h1,3,13-14,16,18-20H,2,4-12,15H2. The van der Waals surface area contributed by atoms with Crippen molar-refractivity contribution in [2.75, 3.05) is 6.67 Å². The maximum atomic E-state index is 14.9. The predicted molar refractivity (Wildman–Crippen MR) is 112 cm³/mol. The summed E-state index contributed by atoms with van der Waals surface area (Å²) in [6.07, 6.45) is 4.18. The van der Waals surface area contributed by atoms with Gasteiger partial charge in [0.2, 0.25) is 5.75 Å². The summed E-state index contributed by atoms with van der Waals surface area (Å²) in [4.78, 5) is 0. The number of benzene rings is 1. The van der Waals surface area contributed by atoms with Crippen LogP contribution >= 0.6 is 0 Å². The van der Waals surface area contributed by atoms with Crippen molar-refractivity contribution < 1.29 is 39.9 Å². The van der Waals surface area contributed by atoms with Crippen LogP contribution in [0.2, 0.25) is 0 Å². The third kappa shape index (κ3) is 7.35. The molecule has 0 aromatic heterocycles. The fourth-order valence-electron chi connectivity index (χ4n) is 5.52. The maximum absolute atomic E-state index is 14.9. The van der Waals surface area contributed by atoms with Gasteiger partial charge in [0.25, 0.3) is 5.92 Å². The molecule has 3 rings (SSSR count). The Labute approximate surface area is 194 Å². The number of halogens is 8. The van der Waals surface area contributed by atoms with Gasteiger partial charge in [0.05, 0.1) is 6.67 Å². The third-order valence-electron chi connectivity index (χ3n) is 7.25. The number of hydrogen-bond donors (Lipinski definition) is 0. The molecule has 9 heteroatoms. The van der Waals surface area contributed by atoms with E-state index < -0.39 is 47.6 Å². The van der Waals surface area contributed by atoms with E-state index in [0.29, 0.717) is 62.0 Å². The first kappa shape index (κ1) is 26.8. The second kappa shape index (κ2) is 11.3. The van der Waals surface area contributed by atoms with Gasteiger partial charge in [-0.25, -0.2) is 17.6 Å². The number of allylic oxidation sites excluding steroid dienone is 2. The van der Waals surface area contributed by atoms with Crippen LogP contribution < -0.4 is 4.74 Å². The van der Waals surface area contributed by atoms with Crippen LogP contribution in [0.1, 0.15) is 63.4 Å². The van der Waals surface area contributed by atoms with Crippen LogP contribution in [0, 0.1) is 35.3 Å². The molecule has 2 aliphatic rings. The van der Waals surface area contributed by atoms with Gasteiger partial charge >= 0.3 is 6.36 Å². The monoisotopic (exact) mass is 498 g/mol. The molecule has 1 nitrogen and oxygen atoms in total. The van der Waals surface area contributed by atoms with Gasteiger partial charge in [-0.2, -0.15) is 0 Å². The van der Waals surface area contributed by atoms with Crippen molar-refractivity contribution in [1.29, 1.82) is 0 Å². The lowest BCUT2D eigenvalue weighted by Gasteiger charge is -2.39. The molecule has 2 saturated carbocycles. The molecule has 34 heavy (non-hydrogen) atoms. The Morgan fingerprint density at radius 3 is 1.85 bits per heavy atom. The molecule has 1 aromatic rings. The number of hydrogen-bond acceptors (Lipinski definition) is 1. The summed E-state index contributed by atoms with van der Waals surface area (Å²) < 4.78 is 110. The average molecular weight is 498 g/mol. The zero-order chi connectivity index (χ0) is 24.9. The highest BCUT2D eigenvalue weighted by atomic mass is 19.4. The highest BCUT2D eigenvalue weighted by Gasteiger charge is 2.43. The van der Waals surface area contributed by atoms with Gasteiger partial charge in [0, 0.05) is 12.3 Å². The highest BCUT2D eigenvalue weighted by molar-refractivity contribution is 5.32. The van der Waals surface area contributed by atoms with Gasteiger partial charge in [-0.05, 0) is 93.2 Å². The molecule has 0 spiro atoms. The minimum atomic E-state index is -5.29. The second-order valence-electron chi connectivity index (χ2n) is 9.57. The summed E-state index contributed by atoms with van der Waals surface area (Å²) >= 11 is 0. The molecule has 0 N–H and O–H groups in total. The molecular weight excluding hydrogens is 468 g/mol. The molecule has 0 aliphatic heterocycles. The molecule has 0 saturated heterocycles. The molecule has 0 amide bonds. The Bertz CT molecular complexity index is 796. The Hall–Kier alpha value is -1.80. The lowest BCUT2D eigenvalue weighted by Crippen LogP contribution is -2.35. The van der Waals surface area contributed by atoms with E-state index in [1.807, 2.05) is 6.08 Å². The topological polar surface area (TPSA) is 9.23 Å². The van der Waals surface area contributed by atoms with Crippen molar-refractivity contribution >= 4 is 0 Å². The Kier molecular flexibility index (Phi) is 8.90. The average Bonchev–Trinajstić information content (AvgIpc) is 2.76. The first-order chi connectivity index (χ1) is 16.0. The largest absolute Gasteiger partial charge is 0.573 e. The second-order valence-corrected chi connectivity index (χ2v) is 9.57. The summed E-state index contributed by atoms with van der Waals surface area (Å²) in [7, 11) is 0. The summed E-state index contributed by atoms with van der Waals surface area (Å²) in [6, 6.07) is 0.953. The van der Waals surface area contributed by atoms with Crippen molar-refractivity contribution in [3.63, 3.8) is 0 Å². The Balaban J connectivity index is 1.52. The third-order valence-corrected chi connectivity index (χ3v) is 7.25. The van der Waals surface area contributed by atoms with Gasteiger partial charge in [-0.1, -0.05) is 12.2 Å². The Morgan fingerprint density at radius 2 is 1.35 bits per heavy atom. The molecule has 192 valence electrons. The summed E-state index contributed by atoms with van der Waals surface area (Å²) in [6.45, 7) is -0.360. The molecule has 2 fully saturated rings. The van der Waals surface area contributed by atoms with Gasteiger partial charge in [0.1, 0.15) is 0 Å². The van der Waals surface area contributed by atoms with E-state index in [1.165, 1.54) is 0 Å². The van der Waals surface area contributed by atoms with E-state index in [4.69, 9.17) is 0 Å². The zero-order valence-electron chi connectivity index (χ0n) is 18.8. The molecule has 1 aromatic carbocycles. The van der Waals surface area contributed by atoms with Crippen LogP contribution in [0.3, 0.4) is 0 Å². The quantitative estimate of drug-likeness (QED) is 0.258. The molecule has 0 heterocycles. The van der Waals surface area contributed by atoms with Crippen molar-refractivity contribution in [2.24, 2.45) is 23.7 Å². The first-order valence-corrected chi connectivity index (χ1v) is 11.8. The van der Waals surface area contributed by atoms with Gasteiger partial charge < -0.3 is 4.74 Å². The first-order valence-electron chi connectivity index (χ1n) is 11.8. The lowest BCUT2D eigenvalue weighted by molar-refractivity contribution is -0.276. The molecule has 2 aliphatic carbocycles. The van der Waals surface area contributed by atoms with Crippen molar-refractivity contribution in [1.82, 2.24) is 0 Å². The predicted octanol–water partition coefficient (Wildman–Crippen LogP) is 8.57. The van der Waals surface area contributed by atoms with Crippen LogP contribution in [0.4, 0.5) is 35.1 Å². The normalized spacial score (nSPS) is 26.7. The van der Waals surface area contributed by atoms with Crippen LogP contribution in [0.15, 0.2) is 24.3 Å². The lowest BCUT2D eigenvalue weighted by atomic mass is 9.68. The molecule has 0 bridgehead atoms. The van der Waals surface area contributed by atoms with E-state index in [-0.39, 0.29) is 6.67 Å². The van der Waals surface area contributed by atoms with Gasteiger partial charge in [-0.15, -0.1) is 13.2 Å². The summed E-state index contributed by atoms with van der Waals surface area (Å²) in [5.41, 5.74) is -0.407. The van der Waals surface area contributed by atoms with Crippen LogP contribution in [0.25, 0.3) is 0 Å². The number of rotatable bonds is 8. The molecule has 0 unspecified atom stereocenters. The molecule has 0 atom stereocenters. The zero-order valence-corrected chi connectivity index (χ0v) is 18.8. The van der Waals surface area contributed by atoms with E-state index in [9.17, 15) is 35.1 Å². The summed E-state index contributed by atoms with van der Waals surface area (Å²) in [5, 5.41) is 0. The minimum Gasteiger partial charge on any atom is -0.399 e. The van der Waals surface area contributed by atoms with E-state index in [0.717, 1.165) is 25.7 Å². The van der Waals surface area contributed by atoms with Crippen LogP contribution in [0.5, 0.6) is 5.75 Å². The van der Waals surface area contributed by atoms with E-state index in [2.05, 4.69) is 10.8 Å². The number of alkyl halides is 6. The van der Waals surface area contributed by atoms with Crippen molar-refractivity contribution in [3.05, 3.63) is 41.5 Å². The fraction of sp³-hybridized carbons (Fsp3) is 0.680. The molecular formula is C25H30F8O. The minimum absolute atomic E-state index is 0.300. The van der Waals surface area contributed by atoms with Crippen molar-refractivity contribution in [3.8, 4) is 5.75 Å². The smallest absolute Gasteiger partial charge is 0.399 e. The van der Waals surface area contributed by atoms with Gasteiger partial charge in [0.15, 0.2) is 11.6 Å². The van der Waals surface area contributed by atoms with Crippen LogP contribution in [-0.2, 0) is 6.42 Å².